The van der Waals surface area contributed by atoms with E-state index >= 15 is 0 Å². The summed E-state index contributed by atoms with van der Waals surface area (Å²) in [7, 11) is 0. The third-order valence-electron chi connectivity index (χ3n) is 1.48. The molecule has 0 aliphatic rings. The lowest BCUT2D eigenvalue weighted by Gasteiger charge is -2.06. The van der Waals surface area contributed by atoms with Crippen LogP contribution in [0, 0.1) is 6.92 Å². The first kappa shape index (κ1) is 8.38. The molecule has 1 rings (SSSR count). The standard InChI is InChI=1S/C9H9ClO3/c1-6-4-7(10)2-3-8(6)13-5-9(11)12/h2-4H,5H2,1H3,(H,11,12)/i/hD. The maximum absolute atomic E-state index is 10.6. The number of rotatable bonds is 3. The van der Waals surface area contributed by atoms with E-state index in [4.69, 9.17) is 17.8 Å². The van der Waals surface area contributed by atoms with Crippen LogP contribution in [0.5, 0.6) is 5.75 Å². The van der Waals surface area contributed by atoms with Crippen LogP contribution in [-0.4, -0.2) is 17.7 Å². The predicted molar refractivity (Wildman–Crippen MR) is 49.3 cm³/mol. The van der Waals surface area contributed by atoms with E-state index in [0.29, 0.717) is 10.8 Å². The van der Waals surface area contributed by atoms with Crippen molar-refractivity contribution in [3.63, 3.8) is 0 Å². The average Bonchev–Trinajstić information content (AvgIpc) is 2.16. The van der Waals surface area contributed by atoms with Gasteiger partial charge in [0.05, 0.1) is 0 Å². The highest BCUT2D eigenvalue weighted by atomic mass is 35.5. The zero-order chi connectivity index (χ0) is 10.6. The fraction of sp³-hybridized carbons (Fsp3) is 0.222. The number of ether oxygens (including phenoxy) is 1. The Bertz CT molecular complexity index is 341. The first-order valence-electron chi connectivity index (χ1n) is 4.09. The van der Waals surface area contributed by atoms with Gasteiger partial charge in [0.15, 0.2) is 6.61 Å². The molecule has 0 fully saturated rings. The molecule has 70 valence electrons. The summed E-state index contributed by atoms with van der Waals surface area (Å²) in [5, 5.41) is 4.30. The summed E-state index contributed by atoms with van der Waals surface area (Å²) in [6.07, 6.45) is 0. The number of carbonyl (C=O) groups is 1. The van der Waals surface area contributed by atoms with Crippen molar-refractivity contribution in [1.82, 2.24) is 0 Å². The van der Waals surface area contributed by atoms with Gasteiger partial charge in [0, 0.05) is 5.02 Å². The molecule has 1 aromatic rings. The molecular formula is C9H9ClO3. The fourth-order valence-electron chi connectivity index (χ4n) is 0.911. The smallest absolute Gasteiger partial charge is 0.341 e. The van der Waals surface area contributed by atoms with Crippen molar-refractivity contribution in [3.05, 3.63) is 28.8 Å². The molecular weight excluding hydrogens is 192 g/mol. The van der Waals surface area contributed by atoms with Gasteiger partial charge in [-0.3, -0.25) is 0 Å². The molecule has 0 aromatic heterocycles. The molecule has 1 N–H and O–H groups in total. The molecule has 0 unspecified atom stereocenters. The summed E-state index contributed by atoms with van der Waals surface area (Å²) >= 11 is 5.73. The molecule has 3 nitrogen and oxygen atoms in total. The lowest BCUT2D eigenvalue weighted by Crippen LogP contribution is -2.09. The topological polar surface area (TPSA) is 46.5 Å². The minimum atomic E-state index is -0.737. The van der Waals surface area contributed by atoms with Crippen molar-refractivity contribution in [2.45, 2.75) is 6.92 Å². The third-order valence-corrected chi connectivity index (χ3v) is 1.72. The van der Waals surface area contributed by atoms with Crippen LogP contribution in [0.2, 0.25) is 5.02 Å². The predicted octanol–water partition coefficient (Wildman–Crippen LogP) is 2.11. The highest BCUT2D eigenvalue weighted by molar-refractivity contribution is 6.30. The van der Waals surface area contributed by atoms with E-state index in [1.165, 1.54) is 0 Å². The number of carboxylic acids is 1. The van der Waals surface area contributed by atoms with Crippen molar-refractivity contribution in [2.24, 2.45) is 0 Å². The summed E-state index contributed by atoms with van der Waals surface area (Å²) in [6, 6.07) is 5.05. The minimum Gasteiger partial charge on any atom is -0.482 e. The van der Waals surface area contributed by atoms with Gasteiger partial charge < -0.3 is 9.85 Å². The van der Waals surface area contributed by atoms with Gasteiger partial charge in [-0.2, -0.15) is 0 Å². The molecule has 0 heterocycles. The van der Waals surface area contributed by atoms with Crippen LogP contribution in [0.25, 0.3) is 1.43 Å². The van der Waals surface area contributed by atoms with Gasteiger partial charge in [0.2, 0.25) is 0 Å². The molecule has 4 heteroatoms. The van der Waals surface area contributed by atoms with Crippen LogP contribution in [-0.2, 0) is 4.79 Å². The molecule has 0 bridgehead atoms. The molecule has 0 spiro atoms. The molecule has 0 saturated carbocycles. The Balaban J connectivity index is 2.63. The molecule has 13 heavy (non-hydrogen) atoms. The fourth-order valence-corrected chi connectivity index (χ4v) is 1.14. The van der Waals surface area contributed by atoms with Crippen LogP contribution in [0.3, 0.4) is 0 Å². The molecule has 0 radical (unpaired) electrons. The van der Waals surface area contributed by atoms with Gasteiger partial charge in [0.1, 0.15) is 5.75 Å². The van der Waals surface area contributed by atoms with Crippen molar-refractivity contribution in [1.29, 1.82) is 1.43 Å². The maximum atomic E-state index is 10.6. The number of aliphatic carboxylic acids is 1. The number of halogens is 1. The monoisotopic (exact) mass is 201 g/mol. The second-order valence-electron chi connectivity index (χ2n) is 2.57. The summed E-state index contributed by atoms with van der Waals surface area (Å²) in [5.74, 6) is -0.181. The Kier molecular flexibility index (Phi) is 2.67. The Morgan fingerprint density at radius 3 is 3.15 bits per heavy atom. The Hall–Kier alpha value is -1.22. The number of carboxylic acid groups (broad SMARTS) is 1. The van der Waals surface area contributed by atoms with Gasteiger partial charge >= 0.3 is 5.97 Å². The molecule has 0 atom stereocenters. The van der Waals surface area contributed by atoms with Crippen LogP contribution < -0.4 is 4.74 Å². The summed E-state index contributed by atoms with van der Waals surface area (Å²) in [6.45, 7) is 1.54. The van der Waals surface area contributed by atoms with Crippen molar-refractivity contribution in [2.75, 3.05) is 6.61 Å². The van der Waals surface area contributed by atoms with Gasteiger partial charge in [-0.1, -0.05) is 11.6 Å². The van der Waals surface area contributed by atoms with E-state index < -0.39 is 5.97 Å². The van der Waals surface area contributed by atoms with E-state index in [1.807, 2.05) is 6.92 Å². The van der Waals surface area contributed by atoms with Crippen LogP contribution in [0.4, 0.5) is 0 Å². The van der Waals surface area contributed by atoms with Gasteiger partial charge in [-0.25, -0.2) is 4.79 Å². The quantitative estimate of drug-likeness (QED) is 0.815. The molecule has 1 aromatic carbocycles. The zero-order valence-corrected chi connectivity index (χ0v) is 7.80. The van der Waals surface area contributed by atoms with E-state index in [-0.39, 0.29) is 6.61 Å². The highest BCUT2D eigenvalue weighted by Gasteiger charge is 2.02. The van der Waals surface area contributed by atoms with Crippen molar-refractivity contribution in [3.8, 4) is 5.75 Å². The zero-order valence-electron chi connectivity index (χ0n) is 8.04. The van der Waals surface area contributed by atoms with E-state index in [1.54, 1.807) is 18.2 Å². The Morgan fingerprint density at radius 1 is 1.77 bits per heavy atom. The second-order valence-corrected chi connectivity index (χ2v) is 3.01. The molecule has 0 saturated heterocycles. The van der Waals surface area contributed by atoms with Gasteiger partial charge in [0.25, 0.3) is 1.43 Å². The van der Waals surface area contributed by atoms with Gasteiger partial charge in [-0.05, 0) is 30.7 Å². The van der Waals surface area contributed by atoms with E-state index in [9.17, 15) is 4.79 Å². The summed E-state index contributed by atoms with van der Waals surface area (Å²) in [5.41, 5.74) is 0.829. The molecule has 0 aliphatic carbocycles. The lowest BCUT2D eigenvalue weighted by atomic mass is 10.2. The number of aryl methyl sites for hydroxylation is 1. The van der Waals surface area contributed by atoms with Crippen molar-refractivity contribution < 1.29 is 14.6 Å². The lowest BCUT2D eigenvalue weighted by molar-refractivity contribution is -0.139. The largest absolute Gasteiger partial charge is 0.482 e. The minimum absolute atomic E-state index is 0.272. The first-order chi connectivity index (χ1) is 6.63. The number of hydrogen-bond donors (Lipinski definition) is 1. The van der Waals surface area contributed by atoms with E-state index in [2.05, 4.69) is 5.11 Å². The Labute approximate surface area is 82.4 Å². The van der Waals surface area contributed by atoms with Gasteiger partial charge in [-0.15, -0.1) is 0 Å². The SMILES string of the molecule is [2H]OC(=O)COc1ccc(Cl)cc1C. The third kappa shape index (κ3) is 2.95. The van der Waals surface area contributed by atoms with Crippen LogP contribution in [0.1, 0.15) is 5.56 Å². The van der Waals surface area contributed by atoms with Crippen molar-refractivity contribution >= 4 is 17.6 Å². The number of hydrogen-bond acceptors (Lipinski definition) is 3. The first-order valence-corrected chi connectivity index (χ1v) is 4.06. The summed E-state index contributed by atoms with van der Waals surface area (Å²) in [4.78, 5) is 10.6. The normalized spacial score (nSPS) is 10.5. The van der Waals surface area contributed by atoms with E-state index in [0.717, 1.165) is 5.56 Å². The average molecular weight is 202 g/mol. The highest BCUT2D eigenvalue weighted by Crippen LogP contribution is 2.21. The maximum Gasteiger partial charge on any atom is 0.341 e. The summed E-state index contributed by atoms with van der Waals surface area (Å²) < 4.78 is 11.4. The Morgan fingerprint density at radius 2 is 2.54 bits per heavy atom. The molecule has 0 amide bonds. The number of benzene rings is 1. The van der Waals surface area contributed by atoms with Crippen LogP contribution >= 0.6 is 11.6 Å². The van der Waals surface area contributed by atoms with Crippen LogP contribution in [0.15, 0.2) is 18.2 Å². The second kappa shape index (κ2) is 4.14. The molecule has 0 aliphatic heterocycles.